The number of hydrogen-bond acceptors (Lipinski definition) is 6. The number of pyridine rings is 1. The van der Waals surface area contributed by atoms with Gasteiger partial charge in [0.1, 0.15) is 5.65 Å². The summed E-state index contributed by atoms with van der Waals surface area (Å²) in [6.45, 7) is 4.70. The molecule has 3 heterocycles. The summed E-state index contributed by atoms with van der Waals surface area (Å²) in [6, 6.07) is 2.70. The molecule has 1 N–H and O–H groups in total. The Kier molecular flexibility index (Phi) is 5.00. The smallest absolute Gasteiger partial charge is 0.306 e. The van der Waals surface area contributed by atoms with Crippen LogP contribution in [-0.2, 0) is 14.9 Å². The Labute approximate surface area is 198 Å². The number of H-pyrrole nitrogens is 1. The Balaban J connectivity index is 1.48. The number of likely N-dealkylation sites (tertiary alicyclic amines) is 1. The van der Waals surface area contributed by atoms with Gasteiger partial charge in [-0.05, 0) is 55.9 Å². The first-order valence-electron chi connectivity index (χ1n) is 11.2. The summed E-state index contributed by atoms with van der Waals surface area (Å²) in [5.74, 6) is -0.392. The van der Waals surface area contributed by atoms with Gasteiger partial charge in [0, 0.05) is 24.2 Å². The van der Waals surface area contributed by atoms with Crippen LogP contribution in [0.5, 0.6) is 5.75 Å². The number of hydrogen-bond donors (Lipinski definition) is 1. The van der Waals surface area contributed by atoms with E-state index in [9.17, 15) is 18.5 Å². The minimum Gasteiger partial charge on any atom is -0.379 e. The monoisotopic (exact) mass is 490 g/mol. The SMILES string of the molecule is CC(C(=O)N1CC2CCC3(C)CC1CC2(C#N)C3)c1c[nH]c2ncc(OS(C)(=O)=O)c(Cl)c12. The van der Waals surface area contributed by atoms with Crippen LogP contribution < -0.4 is 4.18 Å². The van der Waals surface area contributed by atoms with Crippen molar-refractivity contribution in [3.63, 3.8) is 0 Å². The topological polar surface area (TPSA) is 116 Å². The molecule has 2 aromatic rings. The number of aromatic nitrogens is 2. The number of amides is 1. The molecule has 5 unspecified atom stereocenters. The number of halogens is 1. The van der Waals surface area contributed by atoms with Crippen molar-refractivity contribution in [2.24, 2.45) is 16.7 Å². The minimum absolute atomic E-state index is 0.00547. The zero-order valence-corrected chi connectivity index (χ0v) is 20.5. The average molecular weight is 491 g/mol. The van der Waals surface area contributed by atoms with Crippen LogP contribution in [0.4, 0.5) is 0 Å². The number of piperidine rings is 1. The zero-order chi connectivity index (χ0) is 23.8. The number of rotatable bonds is 4. The molecule has 1 amide bonds. The number of carbonyl (C=O) groups excluding carboxylic acids is 1. The molecule has 5 rings (SSSR count). The Morgan fingerprint density at radius 3 is 2.91 bits per heavy atom. The van der Waals surface area contributed by atoms with Crippen LogP contribution in [0.25, 0.3) is 11.0 Å². The lowest BCUT2D eigenvalue weighted by Crippen LogP contribution is -2.62. The highest BCUT2D eigenvalue weighted by Gasteiger charge is 2.59. The molecule has 1 aliphatic heterocycles. The second kappa shape index (κ2) is 7.34. The van der Waals surface area contributed by atoms with Crippen molar-refractivity contribution in [2.75, 3.05) is 12.8 Å². The molecule has 33 heavy (non-hydrogen) atoms. The maximum Gasteiger partial charge on any atom is 0.306 e. The van der Waals surface area contributed by atoms with Gasteiger partial charge in [-0.25, -0.2) is 4.98 Å². The molecule has 0 aromatic carbocycles. The molecule has 8 nitrogen and oxygen atoms in total. The van der Waals surface area contributed by atoms with E-state index in [0.29, 0.717) is 23.1 Å². The number of carbonyl (C=O) groups is 1. The Bertz CT molecular complexity index is 1300. The van der Waals surface area contributed by atoms with E-state index in [-0.39, 0.29) is 39.5 Å². The molecular weight excluding hydrogens is 464 g/mol. The summed E-state index contributed by atoms with van der Waals surface area (Å²) in [4.78, 5) is 23.0. The molecule has 0 spiro atoms. The maximum absolute atomic E-state index is 13.8. The molecule has 10 heteroatoms. The summed E-state index contributed by atoms with van der Waals surface area (Å²) in [5, 5.41) is 10.6. The lowest BCUT2D eigenvalue weighted by atomic mass is 9.49. The average Bonchev–Trinajstić information content (AvgIpc) is 3.17. The van der Waals surface area contributed by atoms with Gasteiger partial charge in [0.15, 0.2) is 5.75 Å². The quantitative estimate of drug-likeness (QED) is 0.648. The molecule has 3 aliphatic rings. The van der Waals surface area contributed by atoms with Crippen molar-refractivity contribution in [1.29, 1.82) is 5.26 Å². The Morgan fingerprint density at radius 1 is 1.45 bits per heavy atom. The van der Waals surface area contributed by atoms with Gasteiger partial charge in [0.25, 0.3) is 0 Å². The largest absolute Gasteiger partial charge is 0.379 e. The number of nitrogens with one attached hydrogen (secondary N) is 1. The second-order valence-corrected chi connectivity index (χ2v) is 12.4. The van der Waals surface area contributed by atoms with Crippen molar-refractivity contribution in [1.82, 2.24) is 14.9 Å². The third-order valence-corrected chi connectivity index (χ3v) is 8.88. The van der Waals surface area contributed by atoms with Crippen LogP contribution in [0.2, 0.25) is 5.02 Å². The Hall–Kier alpha value is -2.31. The normalized spacial score (nSPS) is 31.9. The molecule has 5 atom stereocenters. The molecule has 2 aromatic heterocycles. The summed E-state index contributed by atoms with van der Waals surface area (Å²) < 4.78 is 28.2. The lowest BCUT2D eigenvalue weighted by Gasteiger charge is -2.61. The van der Waals surface area contributed by atoms with Crippen LogP contribution in [0.3, 0.4) is 0 Å². The molecule has 2 aliphatic carbocycles. The van der Waals surface area contributed by atoms with E-state index < -0.39 is 16.0 Å². The second-order valence-electron chi connectivity index (χ2n) is 10.5. The molecule has 0 radical (unpaired) electrons. The van der Waals surface area contributed by atoms with E-state index in [1.807, 2.05) is 11.8 Å². The van der Waals surface area contributed by atoms with E-state index in [0.717, 1.165) is 38.4 Å². The number of nitrogens with zero attached hydrogens (tertiary/aromatic N) is 3. The van der Waals surface area contributed by atoms with Crippen molar-refractivity contribution in [2.45, 2.75) is 57.9 Å². The van der Waals surface area contributed by atoms with Gasteiger partial charge in [-0.2, -0.15) is 13.7 Å². The van der Waals surface area contributed by atoms with Crippen LogP contribution in [0.1, 0.15) is 57.4 Å². The first kappa shape index (κ1) is 22.5. The molecule has 3 bridgehead atoms. The standard InChI is InChI=1S/C23H27ClN4O4S/c1-13(16-8-26-20-18(16)19(24)17(9-27-20)32-33(3,30)31)21(29)28-10-14-4-5-22(2)6-15(28)7-23(14,11-22)12-25/h8-9,13-15H,4-7,10-11H2,1-3H3,(H,26,27). The van der Waals surface area contributed by atoms with Crippen molar-refractivity contribution < 1.29 is 17.4 Å². The minimum atomic E-state index is -3.78. The van der Waals surface area contributed by atoms with Crippen LogP contribution in [0, 0.1) is 28.1 Å². The predicted molar refractivity (Wildman–Crippen MR) is 123 cm³/mol. The van der Waals surface area contributed by atoms with Gasteiger partial charge in [-0.3, -0.25) is 4.79 Å². The zero-order valence-electron chi connectivity index (χ0n) is 18.9. The summed E-state index contributed by atoms with van der Waals surface area (Å²) in [5.41, 5.74) is 0.892. The van der Waals surface area contributed by atoms with Crippen molar-refractivity contribution in [3.8, 4) is 11.8 Å². The number of nitriles is 1. The molecule has 176 valence electrons. The van der Waals surface area contributed by atoms with Crippen molar-refractivity contribution >= 4 is 38.7 Å². The van der Waals surface area contributed by atoms with E-state index in [4.69, 9.17) is 15.8 Å². The third-order valence-electron chi connectivity index (χ3n) is 8.03. The Morgan fingerprint density at radius 2 is 2.21 bits per heavy atom. The predicted octanol–water partition coefficient (Wildman–Crippen LogP) is 3.98. The van der Waals surface area contributed by atoms with Crippen LogP contribution in [-0.4, -0.2) is 48.0 Å². The fourth-order valence-corrected chi connectivity index (χ4v) is 7.38. The van der Waals surface area contributed by atoms with E-state index >= 15 is 0 Å². The first-order chi connectivity index (χ1) is 15.5. The van der Waals surface area contributed by atoms with Gasteiger partial charge >= 0.3 is 10.1 Å². The highest BCUT2D eigenvalue weighted by Crippen LogP contribution is 2.61. The van der Waals surface area contributed by atoms with Crippen molar-refractivity contribution in [3.05, 3.63) is 23.0 Å². The van der Waals surface area contributed by atoms with Gasteiger partial charge < -0.3 is 14.1 Å². The molecular formula is C23H27ClN4O4S. The number of fused-ring (bicyclic) bond motifs is 3. The molecule has 3 fully saturated rings. The number of aromatic amines is 1. The fourth-order valence-electron chi connectivity index (χ4n) is 6.59. The summed E-state index contributed by atoms with van der Waals surface area (Å²) in [7, 11) is -3.78. The van der Waals surface area contributed by atoms with Crippen LogP contribution >= 0.6 is 11.6 Å². The van der Waals surface area contributed by atoms with Crippen LogP contribution in [0.15, 0.2) is 12.4 Å². The van der Waals surface area contributed by atoms with E-state index in [1.165, 1.54) is 6.20 Å². The van der Waals surface area contributed by atoms with E-state index in [2.05, 4.69) is 23.0 Å². The van der Waals surface area contributed by atoms with Gasteiger partial charge in [0.2, 0.25) is 5.91 Å². The van der Waals surface area contributed by atoms with E-state index in [1.54, 1.807) is 6.20 Å². The molecule has 2 saturated carbocycles. The lowest BCUT2D eigenvalue weighted by molar-refractivity contribution is -0.153. The maximum atomic E-state index is 13.8. The molecule has 1 saturated heterocycles. The summed E-state index contributed by atoms with van der Waals surface area (Å²) >= 11 is 6.51. The summed E-state index contributed by atoms with van der Waals surface area (Å²) in [6.07, 6.45) is 8.58. The van der Waals surface area contributed by atoms with Gasteiger partial charge in [-0.1, -0.05) is 18.5 Å². The van der Waals surface area contributed by atoms with Gasteiger partial charge in [-0.15, -0.1) is 0 Å². The fraction of sp³-hybridized carbons (Fsp3) is 0.609. The first-order valence-corrected chi connectivity index (χ1v) is 13.4. The highest BCUT2D eigenvalue weighted by molar-refractivity contribution is 7.86. The highest BCUT2D eigenvalue weighted by atomic mass is 35.5. The van der Waals surface area contributed by atoms with Gasteiger partial charge in [0.05, 0.1) is 34.9 Å². The third kappa shape index (κ3) is 3.58.